The highest BCUT2D eigenvalue weighted by atomic mass is 32.2. The van der Waals surface area contributed by atoms with Crippen LogP contribution in [0.25, 0.3) is 5.65 Å². The molecule has 0 amide bonds. The minimum atomic E-state index is -2.92. The zero-order valence-electron chi connectivity index (χ0n) is 12.7. The lowest BCUT2D eigenvalue weighted by atomic mass is 10.2. The minimum Gasteiger partial charge on any atom is -0.294 e. The third kappa shape index (κ3) is 2.93. The van der Waals surface area contributed by atoms with Crippen LogP contribution in [0.4, 0.5) is 0 Å². The van der Waals surface area contributed by atoms with Gasteiger partial charge in [-0.05, 0) is 19.9 Å². The summed E-state index contributed by atoms with van der Waals surface area (Å²) < 4.78 is 24.7. The lowest BCUT2D eigenvalue weighted by Crippen LogP contribution is -2.36. The van der Waals surface area contributed by atoms with Crippen LogP contribution in [-0.4, -0.2) is 52.0 Å². The predicted molar refractivity (Wildman–Crippen MR) is 83.7 cm³/mol. The predicted octanol–water partition coefficient (Wildman–Crippen LogP) is 0.340. The topological polar surface area (TPSA) is 87.5 Å². The van der Waals surface area contributed by atoms with Crippen molar-refractivity contribution in [2.45, 2.75) is 32.9 Å². The molecule has 0 spiro atoms. The first kappa shape index (κ1) is 15.2. The number of sulfone groups is 1. The number of nitrogens with one attached hydrogen (secondary N) is 1. The summed E-state index contributed by atoms with van der Waals surface area (Å²) in [6.45, 7) is 5.09. The maximum absolute atomic E-state index is 12.1. The molecule has 1 aliphatic rings. The molecule has 1 aliphatic heterocycles. The van der Waals surface area contributed by atoms with Crippen molar-refractivity contribution in [3.05, 3.63) is 33.9 Å². The monoisotopic (exact) mass is 324 g/mol. The van der Waals surface area contributed by atoms with Crippen LogP contribution in [-0.2, 0) is 16.4 Å². The van der Waals surface area contributed by atoms with Crippen molar-refractivity contribution in [2.24, 2.45) is 0 Å². The summed E-state index contributed by atoms with van der Waals surface area (Å²) in [5.74, 6) is 0.450. The second-order valence-electron chi connectivity index (χ2n) is 5.84. The van der Waals surface area contributed by atoms with E-state index in [0.29, 0.717) is 24.3 Å². The van der Waals surface area contributed by atoms with E-state index < -0.39 is 9.84 Å². The summed E-state index contributed by atoms with van der Waals surface area (Å²) >= 11 is 0. The number of H-pyrrole nitrogens is 1. The molecule has 22 heavy (non-hydrogen) atoms. The van der Waals surface area contributed by atoms with E-state index in [0.717, 1.165) is 12.2 Å². The van der Waals surface area contributed by atoms with E-state index in [2.05, 4.69) is 15.0 Å². The molecule has 2 aromatic rings. The van der Waals surface area contributed by atoms with Gasteiger partial charge in [0.05, 0.1) is 17.2 Å². The molecule has 7 nitrogen and oxygen atoms in total. The molecule has 0 aromatic carbocycles. The number of rotatable bonds is 4. The number of aryl methyl sites for hydroxylation is 1. The van der Waals surface area contributed by atoms with Gasteiger partial charge in [0.2, 0.25) is 0 Å². The van der Waals surface area contributed by atoms with E-state index in [-0.39, 0.29) is 23.1 Å². The maximum Gasteiger partial charge on any atom is 0.272 e. The largest absolute Gasteiger partial charge is 0.294 e. The highest BCUT2D eigenvalue weighted by molar-refractivity contribution is 7.91. The van der Waals surface area contributed by atoms with E-state index in [1.165, 1.54) is 10.6 Å². The molecule has 0 aliphatic carbocycles. The Morgan fingerprint density at radius 1 is 1.45 bits per heavy atom. The van der Waals surface area contributed by atoms with E-state index in [1.807, 2.05) is 19.9 Å². The molecule has 8 heteroatoms. The number of hydrogen-bond donors (Lipinski definition) is 1. The average Bonchev–Trinajstić information content (AvgIpc) is 2.98. The smallest absolute Gasteiger partial charge is 0.272 e. The van der Waals surface area contributed by atoms with Crippen molar-refractivity contribution in [3.63, 3.8) is 0 Å². The fourth-order valence-electron chi connectivity index (χ4n) is 3.01. The Morgan fingerprint density at radius 2 is 2.23 bits per heavy atom. The summed E-state index contributed by atoms with van der Waals surface area (Å²) in [5, 5.41) is 2.94. The summed E-state index contributed by atoms with van der Waals surface area (Å²) in [7, 11) is -2.92. The van der Waals surface area contributed by atoms with E-state index in [4.69, 9.17) is 0 Å². The summed E-state index contributed by atoms with van der Waals surface area (Å²) in [6, 6.07) is 3.35. The van der Waals surface area contributed by atoms with Crippen LogP contribution in [0.3, 0.4) is 0 Å². The third-order valence-electron chi connectivity index (χ3n) is 4.13. The Morgan fingerprint density at radius 3 is 2.86 bits per heavy atom. The van der Waals surface area contributed by atoms with Gasteiger partial charge in [-0.15, -0.1) is 0 Å². The Balaban J connectivity index is 1.86. The van der Waals surface area contributed by atoms with E-state index in [9.17, 15) is 13.2 Å². The van der Waals surface area contributed by atoms with Gasteiger partial charge in [0.1, 0.15) is 0 Å². The van der Waals surface area contributed by atoms with Crippen molar-refractivity contribution in [2.75, 3.05) is 18.1 Å². The van der Waals surface area contributed by atoms with E-state index in [1.54, 1.807) is 0 Å². The van der Waals surface area contributed by atoms with Crippen molar-refractivity contribution in [1.29, 1.82) is 0 Å². The SMILES string of the molecule is CCN(Cc1cc(=O)n2[nH]c(C)cc2n1)[C@H]1CCS(=O)(=O)C1. The number of aromatic amines is 1. The van der Waals surface area contributed by atoms with Crippen molar-refractivity contribution < 1.29 is 8.42 Å². The number of fused-ring (bicyclic) bond motifs is 1. The fraction of sp³-hybridized carbons (Fsp3) is 0.571. The normalized spacial score (nSPS) is 21.0. The van der Waals surface area contributed by atoms with Crippen molar-refractivity contribution >= 4 is 15.5 Å². The lowest BCUT2D eigenvalue weighted by molar-refractivity contribution is 0.212. The first-order chi connectivity index (χ1) is 10.4. The maximum atomic E-state index is 12.1. The fourth-order valence-corrected chi connectivity index (χ4v) is 4.77. The Hall–Kier alpha value is -1.67. The molecule has 3 rings (SSSR count). The van der Waals surface area contributed by atoms with Gasteiger partial charge in [0.25, 0.3) is 5.56 Å². The average molecular weight is 324 g/mol. The number of aromatic nitrogens is 3. The van der Waals surface area contributed by atoms with Gasteiger partial charge in [0, 0.05) is 30.4 Å². The number of nitrogens with zero attached hydrogens (tertiary/aromatic N) is 3. The van der Waals surface area contributed by atoms with Crippen molar-refractivity contribution in [1.82, 2.24) is 19.5 Å². The van der Waals surface area contributed by atoms with Gasteiger partial charge in [-0.2, -0.15) is 0 Å². The Kier molecular flexibility index (Phi) is 3.82. The first-order valence-electron chi connectivity index (χ1n) is 7.41. The summed E-state index contributed by atoms with van der Waals surface area (Å²) in [6.07, 6.45) is 0.653. The molecular weight excluding hydrogens is 304 g/mol. The molecule has 120 valence electrons. The highest BCUT2D eigenvalue weighted by Crippen LogP contribution is 2.19. The van der Waals surface area contributed by atoms with Crippen LogP contribution in [0.15, 0.2) is 16.9 Å². The molecule has 0 radical (unpaired) electrons. The molecule has 1 atom stereocenters. The van der Waals surface area contributed by atoms with Gasteiger partial charge in [-0.3, -0.25) is 14.8 Å². The highest BCUT2D eigenvalue weighted by Gasteiger charge is 2.31. The van der Waals surface area contributed by atoms with Gasteiger partial charge < -0.3 is 0 Å². The molecular formula is C14H20N4O3S. The third-order valence-corrected chi connectivity index (χ3v) is 5.88. The Labute approximate surface area is 128 Å². The molecule has 0 saturated carbocycles. The summed E-state index contributed by atoms with van der Waals surface area (Å²) in [5.41, 5.74) is 1.99. The molecule has 1 fully saturated rings. The number of hydrogen-bond acceptors (Lipinski definition) is 5. The van der Waals surface area contributed by atoms with Gasteiger partial charge in [0.15, 0.2) is 15.5 Å². The summed E-state index contributed by atoms with van der Waals surface area (Å²) in [4.78, 5) is 18.7. The van der Waals surface area contributed by atoms with Crippen LogP contribution >= 0.6 is 0 Å². The quantitative estimate of drug-likeness (QED) is 0.876. The molecule has 0 bridgehead atoms. The lowest BCUT2D eigenvalue weighted by Gasteiger charge is -2.25. The van der Waals surface area contributed by atoms with Crippen LogP contribution in [0.2, 0.25) is 0 Å². The second kappa shape index (κ2) is 5.51. The van der Waals surface area contributed by atoms with Crippen LogP contribution < -0.4 is 5.56 Å². The van der Waals surface area contributed by atoms with Gasteiger partial charge >= 0.3 is 0 Å². The zero-order valence-corrected chi connectivity index (χ0v) is 13.6. The van der Waals surface area contributed by atoms with Crippen LogP contribution in [0.1, 0.15) is 24.7 Å². The van der Waals surface area contributed by atoms with Crippen LogP contribution in [0, 0.1) is 6.92 Å². The second-order valence-corrected chi connectivity index (χ2v) is 8.07. The molecule has 1 saturated heterocycles. The minimum absolute atomic E-state index is 0.0169. The standard InChI is InChI=1S/C14H20N4O3S/c1-3-17(12-4-5-22(20,21)9-12)8-11-7-14(19)18-13(15-11)6-10(2)16-18/h6-7,12,16H,3-5,8-9H2,1-2H3/t12-/m0/s1. The zero-order chi connectivity index (χ0) is 15.9. The molecule has 2 aromatic heterocycles. The van der Waals surface area contributed by atoms with Crippen molar-refractivity contribution in [3.8, 4) is 0 Å². The molecule has 3 heterocycles. The first-order valence-corrected chi connectivity index (χ1v) is 9.23. The van der Waals surface area contributed by atoms with Crippen LogP contribution in [0.5, 0.6) is 0 Å². The molecule has 0 unspecified atom stereocenters. The van der Waals surface area contributed by atoms with E-state index >= 15 is 0 Å². The molecule has 1 N–H and O–H groups in total. The Bertz CT molecular complexity index is 853. The van der Waals surface area contributed by atoms with Gasteiger partial charge in [-0.1, -0.05) is 6.92 Å². The van der Waals surface area contributed by atoms with Gasteiger partial charge in [-0.25, -0.2) is 17.9 Å².